The van der Waals surface area contributed by atoms with Crippen molar-refractivity contribution in [3.63, 3.8) is 0 Å². The molecule has 0 unspecified atom stereocenters. The summed E-state index contributed by atoms with van der Waals surface area (Å²) in [5.74, 6) is 0.0726. The molecule has 1 amide bonds. The number of aliphatic imine (C=N–C) groups is 1. The minimum atomic E-state index is -0.422. The Morgan fingerprint density at radius 3 is 2.07 bits per heavy atom. The number of halogens is 3. The summed E-state index contributed by atoms with van der Waals surface area (Å²) >= 11 is 18.6. The predicted octanol–water partition coefficient (Wildman–Crippen LogP) is 9.48. The lowest BCUT2D eigenvalue weighted by molar-refractivity contribution is -0.116. The van der Waals surface area contributed by atoms with Crippen LogP contribution in [0.2, 0.25) is 15.1 Å². The number of carbonyl (C=O) groups excluding carboxylic acids is 2. The summed E-state index contributed by atoms with van der Waals surface area (Å²) < 4.78 is 10.9. The molecule has 10 heteroatoms. The standard InChI is InChI=1S/C31H40Cl3N3O4/c1-3-4-5-6-7-8-9-10-11-12-13-14-17-41-31(39)22-15-16-27(40-2)26(18-22)35-28-21-29(38)37(36-28)30-24(33)19-23(32)20-25(30)34/h15-16,18-20H,3-14,17,21H2,1-2H3,(H,35,36). The van der Waals surface area contributed by atoms with Crippen LogP contribution >= 0.6 is 34.8 Å². The minimum Gasteiger partial charge on any atom is -0.494 e. The van der Waals surface area contributed by atoms with E-state index in [9.17, 15) is 9.59 Å². The zero-order valence-electron chi connectivity index (χ0n) is 23.9. The van der Waals surface area contributed by atoms with Gasteiger partial charge in [-0.25, -0.2) is 14.8 Å². The van der Waals surface area contributed by atoms with Gasteiger partial charge in [-0.3, -0.25) is 10.2 Å². The maximum Gasteiger partial charge on any atom is 0.338 e. The highest BCUT2D eigenvalue weighted by molar-refractivity contribution is 6.42. The second-order valence-corrected chi connectivity index (χ2v) is 11.5. The van der Waals surface area contributed by atoms with Crippen LogP contribution in [0, 0.1) is 0 Å². The summed E-state index contributed by atoms with van der Waals surface area (Å²) in [4.78, 5) is 30.0. The lowest BCUT2D eigenvalue weighted by atomic mass is 10.1. The Labute approximate surface area is 258 Å². The van der Waals surface area contributed by atoms with E-state index in [1.165, 1.54) is 82.0 Å². The third-order valence-corrected chi connectivity index (χ3v) is 7.71. The van der Waals surface area contributed by atoms with E-state index < -0.39 is 5.97 Å². The summed E-state index contributed by atoms with van der Waals surface area (Å²) in [5, 5.41) is 2.04. The van der Waals surface area contributed by atoms with Gasteiger partial charge >= 0.3 is 5.97 Å². The van der Waals surface area contributed by atoms with Gasteiger partial charge < -0.3 is 9.47 Å². The van der Waals surface area contributed by atoms with E-state index in [1.54, 1.807) is 18.2 Å². The van der Waals surface area contributed by atoms with Gasteiger partial charge in [-0.2, -0.15) is 0 Å². The number of ether oxygens (including phenoxy) is 2. The Morgan fingerprint density at radius 1 is 0.902 bits per heavy atom. The number of hydrazine groups is 1. The monoisotopic (exact) mass is 623 g/mol. The second-order valence-electron chi connectivity index (χ2n) is 10.2. The lowest BCUT2D eigenvalue weighted by Gasteiger charge is -2.19. The first-order chi connectivity index (χ1) is 19.8. The van der Waals surface area contributed by atoms with Gasteiger partial charge in [-0.1, -0.05) is 112 Å². The van der Waals surface area contributed by atoms with Gasteiger partial charge in [0.25, 0.3) is 5.91 Å². The molecule has 224 valence electrons. The molecule has 1 N–H and O–H groups in total. The fourth-order valence-electron chi connectivity index (χ4n) is 4.69. The Bertz CT molecular complexity index is 1180. The molecule has 1 fully saturated rings. The van der Waals surface area contributed by atoms with Crippen LogP contribution in [0.1, 0.15) is 101 Å². The fourth-order valence-corrected chi connectivity index (χ4v) is 5.67. The zero-order valence-corrected chi connectivity index (χ0v) is 26.2. The number of unbranched alkanes of at least 4 members (excludes halogenated alkanes) is 11. The van der Waals surface area contributed by atoms with E-state index in [4.69, 9.17) is 44.3 Å². The molecule has 3 rings (SSSR count). The zero-order chi connectivity index (χ0) is 29.6. The number of rotatable bonds is 17. The van der Waals surface area contributed by atoms with E-state index in [1.807, 2.05) is 0 Å². The molecule has 0 bridgehead atoms. The number of amides is 1. The summed E-state index contributed by atoms with van der Waals surface area (Å²) in [5.41, 5.74) is 3.97. The number of nitrogens with zero attached hydrogens (tertiary/aromatic N) is 2. The first-order valence-electron chi connectivity index (χ1n) is 14.5. The van der Waals surface area contributed by atoms with Crippen LogP contribution in [0.25, 0.3) is 0 Å². The van der Waals surface area contributed by atoms with Crippen molar-refractivity contribution in [2.45, 2.75) is 90.4 Å². The molecule has 2 aromatic carbocycles. The van der Waals surface area contributed by atoms with Gasteiger partial charge in [-0.05, 0) is 36.8 Å². The molecule has 1 saturated heterocycles. The number of amidine groups is 1. The van der Waals surface area contributed by atoms with Crippen molar-refractivity contribution in [3.05, 3.63) is 51.0 Å². The Kier molecular flexibility index (Phi) is 14.1. The second kappa shape index (κ2) is 17.5. The highest BCUT2D eigenvalue weighted by Gasteiger charge is 2.30. The molecule has 0 spiro atoms. The molecule has 1 aliphatic rings. The third-order valence-electron chi connectivity index (χ3n) is 6.92. The van der Waals surface area contributed by atoms with Crippen LogP contribution in [0.15, 0.2) is 35.3 Å². The number of hydrogen-bond donors (Lipinski definition) is 1. The van der Waals surface area contributed by atoms with Crippen molar-refractivity contribution in [1.82, 2.24) is 5.43 Å². The van der Waals surface area contributed by atoms with Crippen LogP contribution in [0.4, 0.5) is 11.4 Å². The van der Waals surface area contributed by atoms with E-state index in [0.717, 1.165) is 19.3 Å². The van der Waals surface area contributed by atoms with E-state index in [2.05, 4.69) is 17.3 Å². The Balaban J connectivity index is 1.47. The lowest BCUT2D eigenvalue weighted by Crippen LogP contribution is -2.36. The van der Waals surface area contributed by atoms with E-state index in [-0.39, 0.29) is 28.1 Å². The molecule has 0 saturated carbocycles. The molecular weight excluding hydrogens is 585 g/mol. The van der Waals surface area contributed by atoms with Crippen LogP contribution in [-0.4, -0.2) is 31.4 Å². The largest absolute Gasteiger partial charge is 0.494 e. The van der Waals surface area contributed by atoms with Gasteiger partial charge in [-0.15, -0.1) is 0 Å². The summed E-state index contributed by atoms with van der Waals surface area (Å²) in [7, 11) is 1.51. The van der Waals surface area contributed by atoms with Gasteiger partial charge in [0.1, 0.15) is 23.0 Å². The predicted molar refractivity (Wildman–Crippen MR) is 168 cm³/mol. The van der Waals surface area contributed by atoms with E-state index >= 15 is 0 Å². The smallest absolute Gasteiger partial charge is 0.338 e. The first-order valence-corrected chi connectivity index (χ1v) is 15.6. The Morgan fingerprint density at radius 2 is 1.49 bits per heavy atom. The fraction of sp³-hybridized carbons (Fsp3) is 0.516. The molecule has 1 aliphatic heterocycles. The number of anilines is 1. The quantitative estimate of drug-likeness (QED) is 0.140. The Hall–Kier alpha value is -2.48. The van der Waals surface area contributed by atoms with Crippen LogP contribution < -0.4 is 15.2 Å². The molecule has 0 atom stereocenters. The molecule has 0 aliphatic carbocycles. The van der Waals surface area contributed by atoms with Crippen molar-refractivity contribution in [2.24, 2.45) is 4.99 Å². The van der Waals surface area contributed by atoms with Crippen molar-refractivity contribution >= 4 is 63.9 Å². The number of hydrogen-bond acceptors (Lipinski definition) is 5. The van der Waals surface area contributed by atoms with Crippen LogP contribution in [0.5, 0.6) is 5.75 Å². The highest BCUT2D eigenvalue weighted by atomic mass is 35.5. The normalized spacial score (nSPS) is 14.0. The number of nitrogens with one attached hydrogen (secondary N) is 1. The van der Waals surface area contributed by atoms with Crippen LogP contribution in [-0.2, 0) is 9.53 Å². The van der Waals surface area contributed by atoms with Gasteiger partial charge in [0.05, 0.1) is 35.7 Å². The number of carbonyl (C=O) groups is 2. The number of benzene rings is 2. The van der Waals surface area contributed by atoms with Gasteiger partial charge in [0.15, 0.2) is 0 Å². The summed E-state index contributed by atoms with van der Waals surface area (Å²) in [6.07, 6.45) is 14.9. The number of methoxy groups -OCH3 is 1. The molecule has 2 aromatic rings. The van der Waals surface area contributed by atoms with Gasteiger partial charge in [0, 0.05) is 5.02 Å². The molecule has 7 nitrogen and oxygen atoms in total. The molecule has 0 radical (unpaired) electrons. The molecular formula is C31H40Cl3N3O4. The topological polar surface area (TPSA) is 80.2 Å². The van der Waals surface area contributed by atoms with Gasteiger partial charge in [0.2, 0.25) is 0 Å². The maximum absolute atomic E-state index is 12.7. The minimum absolute atomic E-state index is 0.0218. The number of esters is 1. The average Bonchev–Trinajstić information content (AvgIpc) is 3.29. The SMILES string of the molecule is CCCCCCCCCCCCCCOC(=O)c1ccc(OC)c(N=C2CC(=O)N(c3c(Cl)cc(Cl)cc3Cl)N2)c1. The highest BCUT2D eigenvalue weighted by Crippen LogP contribution is 2.37. The van der Waals surface area contributed by atoms with E-state index in [0.29, 0.717) is 34.5 Å². The average molecular weight is 625 g/mol. The van der Waals surface area contributed by atoms with Crippen molar-refractivity contribution in [3.8, 4) is 5.75 Å². The molecule has 1 heterocycles. The summed E-state index contributed by atoms with van der Waals surface area (Å²) in [6.45, 7) is 2.62. The maximum atomic E-state index is 12.7. The van der Waals surface area contributed by atoms with Crippen molar-refractivity contribution < 1.29 is 19.1 Å². The van der Waals surface area contributed by atoms with Crippen molar-refractivity contribution in [1.29, 1.82) is 0 Å². The molecule has 0 aromatic heterocycles. The first kappa shape index (κ1) is 33.0. The van der Waals surface area contributed by atoms with Crippen molar-refractivity contribution in [2.75, 3.05) is 18.7 Å². The molecule has 41 heavy (non-hydrogen) atoms. The van der Waals surface area contributed by atoms with Crippen LogP contribution in [0.3, 0.4) is 0 Å². The summed E-state index contributed by atoms with van der Waals surface area (Å²) in [6, 6.07) is 7.89. The third kappa shape index (κ3) is 10.4.